The standard InChI is InChI=1S/C19H34N2O6S2/c1-7-20(8-2)17(23)25-14-13(24-16-15(14)26-19(5,6)27-16)12(22)11-29-18(28)21(9-3)10-4/h12-16,22H,7-11H2,1-6H3/t12-,13-,14+,15-,16-/m1/s1. The number of ether oxygens (including phenoxy) is 4. The van der Waals surface area contributed by atoms with Crippen LogP contribution in [0.1, 0.15) is 41.5 Å². The van der Waals surface area contributed by atoms with Gasteiger partial charge in [-0.3, -0.25) is 0 Å². The van der Waals surface area contributed by atoms with Gasteiger partial charge >= 0.3 is 6.09 Å². The summed E-state index contributed by atoms with van der Waals surface area (Å²) in [4.78, 5) is 16.2. The molecule has 2 saturated heterocycles. The van der Waals surface area contributed by atoms with E-state index in [-0.39, 0.29) is 0 Å². The minimum absolute atomic E-state index is 0.322. The smallest absolute Gasteiger partial charge is 0.410 e. The van der Waals surface area contributed by atoms with E-state index in [0.29, 0.717) is 18.8 Å². The highest BCUT2D eigenvalue weighted by Crippen LogP contribution is 2.40. The number of amides is 1. The molecule has 168 valence electrons. The van der Waals surface area contributed by atoms with Crippen molar-refractivity contribution in [2.45, 2.75) is 78.0 Å². The predicted octanol–water partition coefficient (Wildman–Crippen LogP) is 2.43. The molecule has 0 aromatic heterocycles. The molecular formula is C19H34N2O6S2. The number of hydrogen-bond donors (Lipinski definition) is 1. The van der Waals surface area contributed by atoms with Gasteiger partial charge in [0.1, 0.15) is 10.4 Å². The van der Waals surface area contributed by atoms with Crippen LogP contribution in [-0.4, -0.2) is 93.7 Å². The lowest BCUT2D eigenvalue weighted by Crippen LogP contribution is -2.47. The van der Waals surface area contributed by atoms with E-state index >= 15 is 0 Å². The van der Waals surface area contributed by atoms with Crippen molar-refractivity contribution in [2.24, 2.45) is 0 Å². The van der Waals surface area contributed by atoms with Gasteiger partial charge in [0.05, 0.1) is 6.10 Å². The third kappa shape index (κ3) is 5.95. The number of fused-ring (bicyclic) bond motifs is 1. The minimum atomic E-state index is -0.899. The van der Waals surface area contributed by atoms with E-state index in [1.165, 1.54) is 11.8 Å². The molecule has 2 aliphatic heterocycles. The van der Waals surface area contributed by atoms with Crippen LogP contribution in [0.5, 0.6) is 0 Å². The number of hydrogen-bond acceptors (Lipinski definition) is 8. The van der Waals surface area contributed by atoms with Crippen LogP contribution in [0.25, 0.3) is 0 Å². The normalized spacial score (nSPS) is 28.7. The van der Waals surface area contributed by atoms with Gasteiger partial charge in [-0.25, -0.2) is 4.79 Å². The summed E-state index contributed by atoms with van der Waals surface area (Å²) in [5, 5.41) is 10.8. The maximum Gasteiger partial charge on any atom is 0.410 e. The zero-order chi connectivity index (χ0) is 21.8. The second-order valence-electron chi connectivity index (χ2n) is 7.41. The Balaban J connectivity index is 2.08. The van der Waals surface area contributed by atoms with Crippen LogP contribution in [-0.2, 0) is 18.9 Å². The molecule has 2 fully saturated rings. The Bertz CT molecular complexity index is 571. The van der Waals surface area contributed by atoms with Crippen molar-refractivity contribution in [1.29, 1.82) is 0 Å². The zero-order valence-electron chi connectivity index (χ0n) is 18.1. The molecule has 8 nitrogen and oxygen atoms in total. The van der Waals surface area contributed by atoms with Gasteiger partial charge in [0.2, 0.25) is 0 Å². The maximum atomic E-state index is 12.5. The summed E-state index contributed by atoms with van der Waals surface area (Å²) in [5.74, 6) is -0.521. The molecule has 29 heavy (non-hydrogen) atoms. The van der Waals surface area contributed by atoms with Gasteiger partial charge in [0.15, 0.2) is 24.3 Å². The molecule has 0 unspecified atom stereocenters. The van der Waals surface area contributed by atoms with Gasteiger partial charge in [0, 0.05) is 31.9 Å². The van der Waals surface area contributed by atoms with Crippen LogP contribution < -0.4 is 0 Å². The molecule has 1 amide bonds. The number of thiocarbonyl (C=S) groups is 1. The lowest BCUT2D eigenvalue weighted by molar-refractivity contribution is -0.224. The van der Waals surface area contributed by atoms with E-state index in [1.807, 2.05) is 32.6 Å². The summed E-state index contributed by atoms with van der Waals surface area (Å²) in [6.07, 6.45) is -4.17. The lowest BCUT2D eigenvalue weighted by atomic mass is 10.1. The highest BCUT2D eigenvalue weighted by atomic mass is 32.2. The van der Waals surface area contributed by atoms with Gasteiger partial charge in [0.25, 0.3) is 0 Å². The fraction of sp³-hybridized carbons (Fsp3) is 0.895. The molecule has 0 bridgehead atoms. The molecule has 0 spiro atoms. The minimum Gasteiger partial charge on any atom is -0.440 e. The summed E-state index contributed by atoms with van der Waals surface area (Å²) in [6.45, 7) is 14.1. The number of aliphatic hydroxyl groups is 1. The van der Waals surface area contributed by atoms with Crippen LogP contribution in [0.4, 0.5) is 4.79 Å². The Hall–Kier alpha value is -0.650. The largest absolute Gasteiger partial charge is 0.440 e. The molecule has 0 aromatic rings. The van der Waals surface area contributed by atoms with Gasteiger partial charge < -0.3 is 33.9 Å². The maximum absolute atomic E-state index is 12.5. The van der Waals surface area contributed by atoms with Crippen LogP contribution in [0.2, 0.25) is 0 Å². The molecule has 10 heteroatoms. The van der Waals surface area contributed by atoms with E-state index in [4.69, 9.17) is 31.2 Å². The molecule has 0 saturated carbocycles. The second-order valence-corrected chi connectivity index (χ2v) is 9.06. The van der Waals surface area contributed by atoms with Crippen molar-refractivity contribution in [3.05, 3.63) is 0 Å². The SMILES string of the molecule is CCN(CC)C(=O)O[C@@H]1[C@H]2OC(C)(C)O[C@H]2O[C@@H]1[C@H](O)CSC(=S)N(CC)CC. The van der Waals surface area contributed by atoms with E-state index < -0.39 is 42.6 Å². The van der Waals surface area contributed by atoms with Crippen molar-refractivity contribution in [3.8, 4) is 0 Å². The first-order chi connectivity index (χ1) is 13.7. The third-order valence-corrected chi connectivity index (χ3v) is 6.69. The molecule has 0 aromatic carbocycles. The molecule has 2 rings (SSSR count). The van der Waals surface area contributed by atoms with E-state index in [0.717, 1.165) is 17.4 Å². The fourth-order valence-corrected chi connectivity index (χ4v) is 4.85. The quantitative estimate of drug-likeness (QED) is 0.561. The van der Waals surface area contributed by atoms with Gasteiger partial charge in [-0.15, -0.1) is 0 Å². The Morgan fingerprint density at radius 1 is 1.14 bits per heavy atom. The van der Waals surface area contributed by atoms with Gasteiger partial charge in [-0.05, 0) is 41.5 Å². The molecule has 2 heterocycles. The first-order valence-corrected chi connectivity index (χ1v) is 11.6. The number of nitrogens with zero attached hydrogens (tertiary/aromatic N) is 2. The molecule has 0 radical (unpaired) electrons. The third-order valence-electron chi connectivity index (χ3n) is 5.06. The molecule has 1 N–H and O–H groups in total. The van der Waals surface area contributed by atoms with Crippen molar-refractivity contribution in [3.63, 3.8) is 0 Å². The Morgan fingerprint density at radius 3 is 2.28 bits per heavy atom. The van der Waals surface area contributed by atoms with E-state index in [9.17, 15) is 9.90 Å². The first-order valence-electron chi connectivity index (χ1n) is 10.2. The van der Waals surface area contributed by atoms with Crippen LogP contribution in [0, 0.1) is 0 Å². The predicted molar refractivity (Wildman–Crippen MR) is 116 cm³/mol. The van der Waals surface area contributed by atoms with Crippen LogP contribution in [0.3, 0.4) is 0 Å². The molecule has 2 aliphatic rings. The Labute approximate surface area is 183 Å². The van der Waals surface area contributed by atoms with Crippen molar-refractivity contribution < 1.29 is 28.8 Å². The van der Waals surface area contributed by atoms with Crippen molar-refractivity contribution >= 4 is 34.4 Å². The topological polar surface area (TPSA) is 80.7 Å². The summed E-state index contributed by atoms with van der Waals surface area (Å²) < 4.78 is 24.1. The number of carbonyl (C=O) groups excluding carboxylic acids is 1. The number of thioether (sulfide) groups is 1. The van der Waals surface area contributed by atoms with E-state index in [2.05, 4.69) is 0 Å². The lowest BCUT2D eigenvalue weighted by Gasteiger charge is -2.30. The van der Waals surface area contributed by atoms with Gasteiger partial charge in [-0.1, -0.05) is 24.0 Å². The Kier molecular flexibility index (Phi) is 8.99. The van der Waals surface area contributed by atoms with Gasteiger partial charge in [-0.2, -0.15) is 0 Å². The summed E-state index contributed by atoms with van der Waals surface area (Å²) in [6, 6.07) is 0. The van der Waals surface area contributed by atoms with Crippen molar-refractivity contribution in [2.75, 3.05) is 31.9 Å². The first kappa shape index (κ1) is 24.6. The summed E-state index contributed by atoms with van der Waals surface area (Å²) in [7, 11) is 0. The number of aliphatic hydroxyl groups excluding tert-OH is 1. The van der Waals surface area contributed by atoms with Crippen molar-refractivity contribution in [1.82, 2.24) is 9.80 Å². The number of rotatable bonds is 8. The monoisotopic (exact) mass is 450 g/mol. The van der Waals surface area contributed by atoms with Crippen LogP contribution in [0.15, 0.2) is 0 Å². The zero-order valence-corrected chi connectivity index (χ0v) is 19.8. The molecule has 0 aliphatic carbocycles. The number of carbonyl (C=O) groups is 1. The average molecular weight is 451 g/mol. The van der Waals surface area contributed by atoms with E-state index in [1.54, 1.807) is 18.7 Å². The average Bonchev–Trinajstić information content (AvgIpc) is 3.14. The highest BCUT2D eigenvalue weighted by molar-refractivity contribution is 8.22. The highest BCUT2D eigenvalue weighted by Gasteiger charge is 2.58. The fourth-order valence-electron chi connectivity index (χ4n) is 3.45. The summed E-state index contributed by atoms with van der Waals surface area (Å²) >= 11 is 6.83. The second kappa shape index (κ2) is 10.6. The molecule has 5 atom stereocenters. The summed E-state index contributed by atoms with van der Waals surface area (Å²) in [5.41, 5.74) is 0. The Morgan fingerprint density at radius 2 is 1.72 bits per heavy atom. The van der Waals surface area contributed by atoms with Crippen LogP contribution >= 0.6 is 24.0 Å². The molecular weight excluding hydrogens is 416 g/mol.